The smallest absolute Gasteiger partial charge is 0.127 e. The van der Waals surface area contributed by atoms with E-state index < -0.39 is 0 Å². The van der Waals surface area contributed by atoms with E-state index in [-0.39, 0.29) is 5.82 Å². The van der Waals surface area contributed by atoms with Gasteiger partial charge in [-0.3, -0.25) is 0 Å². The average Bonchev–Trinajstić information content (AvgIpc) is 2.32. The van der Waals surface area contributed by atoms with E-state index in [9.17, 15) is 4.39 Å². The van der Waals surface area contributed by atoms with Gasteiger partial charge in [-0.05, 0) is 43.5 Å². The first-order valence-electron chi connectivity index (χ1n) is 5.84. The van der Waals surface area contributed by atoms with Crippen molar-refractivity contribution in [3.05, 3.63) is 34.6 Å². The first kappa shape index (κ1) is 14.7. The summed E-state index contributed by atoms with van der Waals surface area (Å²) in [7, 11) is 0. The molecule has 0 saturated carbocycles. The molecule has 96 valence electrons. The van der Waals surface area contributed by atoms with Crippen molar-refractivity contribution < 1.29 is 4.39 Å². The first-order chi connectivity index (χ1) is 8.13. The fourth-order valence-electron chi connectivity index (χ4n) is 1.55. The van der Waals surface area contributed by atoms with E-state index >= 15 is 0 Å². The Kier molecular flexibility index (Phi) is 6.86. The summed E-state index contributed by atoms with van der Waals surface area (Å²) >= 11 is 11.5. The van der Waals surface area contributed by atoms with Crippen LogP contribution in [0.2, 0.25) is 5.02 Å². The van der Waals surface area contributed by atoms with E-state index in [1.54, 1.807) is 12.1 Å². The predicted molar refractivity (Wildman–Crippen MR) is 72.2 cm³/mol. The van der Waals surface area contributed by atoms with E-state index in [1.807, 2.05) is 0 Å². The van der Waals surface area contributed by atoms with Crippen molar-refractivity contribution in [2.45, 2.75) is 26.3 Å². The van der Waals surface area contributed by atoms with Crippen molar-refractivity contribution in [2.75, 3.05) is 12.4 Å². The lowest BCUT2D eigenvalue weighted by Gasteiger charge is -2.09. The molecule has 0 radical (unpaired) electrons. The molecule has 0 aliphatic carbocycles. The molecule has 1 aromatic carbocycles. The van der Waals surface area contributed by atoms with Crippen LogP contribution in [-0.4, -0.2) is 12.4 Å². The largest absolute Gasteiger partial charge is 0.313 e. The van der Waals surface area contributed by atoms with Crippen LogP contribution in [0.4, 0.5) is 4.39 Å². The molecule has 0 fully saturated rings. The third kappa shape index (κ3) is 5.71. The van der Waals surface area contributed by atoms with Gasteiger partial charge in [0.1, 0.15) is 5.82 Å². The van der Waals surface area contributed by atoms with Crippen LogP contribution in [-0.2, 0) is 6.54 Å². The fraction of sp³-hybridized carbons (Fsp3) is 0.538. The number of benzene rings is 1. The van der Waals surface area contributed by atoms with Crippen molar-refractivity contribution in [3.8, 4) is 0 Å². The van der Waals surface area contributed by atoms with Crippen LogP contribution >= 0.6 is 23.2 Å². The molecule has 0 heterocycles. The molecule has 1 unspecified atom stereocenters. The quantitative estimate of drug-likeness (QED) is 0.581. The molecule has 4 heteroatoms. The maximum atomic E-state index is 13.3. The molecule has 1 N–H and O–H groups in total. The Morgan fingerprint density at radius 2 is 2.18 bits per heavy atom. The van der Waals surface area contributed by atoms with Gasteiger partial charge in [0, 0.05) is 23.0 Å². The highest BCUT2D eigenvalue weighted by molar-refractivity contribution is 6.30. The summed E-state index contributed by atoms with van der Waals surface area (Å²) in [5.74, 6) is 1.03. The standard InChI is InChI=1S/C13H18Cl2FN/c1-10(8-14)3-2-6-17-9-11-7-12(15)4-5-13(11)16/h4-5,7,10,17H,2-3,6,8-9H2,1H3. The summed E-state index contributed by atoms with van der Waals surface area (Å²) in [5, 5.41) is 3.78. The Labute approximate surface area is 112 Å². The van der Waals surface area contributed by atoms with Gasteiger partial charge in [0.05, 0.1) is 0 Å². The Balaban J connectivity index is 2.24. The van der Waals surface area contributed by atoms with E-state index in [1.165, 1.54) is 6.07 Å². The molecule has 0 saturated heterocycles. The number of halogens is 3. The van der Waals surface area contributed by atoms with Crippen molar-refractivity contribution in [1.82, 2.24) is 5.32 Å². The van der Waals surface area contributed by atoms with Gasteiger partial charge in [-0.15, -0.1) is 11.6 Å². The van der Waals surface area contributed by atoms with Gasteiger partial charge in [0.15, 0.2) is 0 Å². The van der Waals surface area contributed by atoms with Crippen LogP contribution in [0.3, 0.4) is 0 Å². The average molecular weight is 278 g/mol. The molecule has 0 aliphatic heterocycles. The Morgan fingerprint density at radius 3 is 2.88 bits per heavy atom. The van der Waals surface area contributed by atoms with Gasteiger partial charge in [-0.25, -0.2) is 4.39 Å². The van der Waals surface area contributed by atoms with Crippen LogP contribution in [0.15, 0.2) is 18.2 Å². The number of hydrogen-bond donors (Lipinski definition) is 1. The highest BCUT2D eigenvalue weighted by Gasteiger charge is 2.03. The Morgan fingerprint density at radius 1 is 1.41 bits per heavy atom. The van der Waals surface area contributed by atoms with E-state index in [2.05, 4.69) is 12.2 Å². The van der Waals surface area contributed by atoms with Gasteiger partial charge >= 0.3 is 0 Å². The summed E-state index contributed by atoms with van der Waals surface area (Å²) in [6.45, 7) is 3.51. The molecule has 1 aromatic rings. The number of hydrogen-bond acceptors (Lipinski definition) is 1. The summed E-state index contributed by atoms with van der Waals surface area (Å²) in [4.78, 5) is 0. The molecule has 0 spiro atoms. The lowest BCUT2D eigenvalue weighted by atomic mass is 10.1. The normalized spacial score (nSPS) is 12.7. The van der Waals surface area contributed by atoms with Crippen molar-refractivity contribution >= 4 is 23.2 Å². The zero-order valence-corrected chi connectivity index (χ0v) is 11.5. The molecule has 0 aliphatic rings. The van der Waals surface area contributed by atoms with Crippen LogP contribution in [0, 0.1) is 11.7 Å². The maximum Gasteiger partial charge on any atom is 0.127 e. The first-order valence-corrected chi connectivity index (χ1v) is 6.75. The molecule has 0 amide bonds. The topological polar surface area (TPSA) is 12.0 Å². The lowest BCUT2D eigenvalue weighted by molar-refractivity contribution is 0.524. The summed E-state index contributed by atoms with van der Waals surface area (Å²) in [5.41, 5.74) is 0.614. The molecule has 0 aromatic heterocycles. The molecular weight excluding hydrogens is 260 g/mol. The Hall–Kier alpha value is -0.310. The fourth-order valence-corrected chi connectivity index (χ4v) is 1.90. The van der Waals surface area contributed by atoms with Gasteiger partial charge in [0.2, 0.25) is 0 Å². The van der Waals surface area contributed by atoms with Crippen LogP contribution in [0.1, 0.15) is 25.3 Å². The minimum atomic E-state index is -0.212. The van der Waals surface area contributed by atoms with Crippen molar-refractivity contribution in [3.63, 3.8) is 0 Å². The molecule has 0 bridgehead atoms. The summed E-state index contributed by atoms with van der Waals surface area (Å²) < 4.78 is 13.3. The van der Waals surface area contributed by atoms with E-state index in [4.69, 9.17) is 23.2 Å². The van der Waals surface area contributed by atoms with Gasteiger partial charge in [-0.1, -0.05) is 18.5 Å². The number of rotatable bonds is 7. The molecule has 1 rings (SSSR count). The van der Waals surface area contributed by atoms with Gasteiger partial charge in [-0.2, -0.15) is 0 Å². The van der Waals surface area contributed by atoms with Gasteiger partial charge in [0.25, 0.3) is 0 Å². The summed E-state index contributed by atoms with van der Waals surface area (Å²) in [6, 6.07) is 4.61. The molecule has 17 heavy (non-hydrogen) atoms. The van der Waals surface area contributed by atoms with Gasteiger partial charge < -0.3 is 5.32 Å². The number of alkyl halides is 1. The zero-order chi connectivity index (χ0) is 12.7. The third-order valence-corrected chi connectivity index (χ3v) is 3.40. The molecular formula is C13H18Cl2FN. The highest BCUT2D eigenvalue weighted by Crippen LogP contribution is 2.14. The number of nitrogens with one attached hydrogen (secondary N) is 1. The second-order valence-electron chi connectivity index (χ2n) is 4.31. The minimum absolute atomic E-state index is 0.212. The SMILES string of the molecule is CC(CCl)CCCNCc1cc(Cl)ccc1F. The highest BCUT2D eigenvalue weighted by atomic mass is 35.5. The van der Waals surface area contributed by atoms with Crippen LogP contribution < -0.4 is 5.32 Å². The van der Waals surface area contributed by atoms with Crippen molar-refractivity contribution in [1.29, 1.82) is 0 Å². The van der Waals surface area contributed by atoms with E-state index in [0.717, 1.165) is 19.4 Å². The van der Waals surface area contributed by atoms with Crippen molar-refractivity contribution in [2.24, 2.45) is 5.92 Å². The molecule has 1 atom stereocenters. The second kappa shape index (κ2) is 7.91. The Bertz CT molecular complexity index is 344. The minimum Gasteiger partial charge on any atom is -0.313 e. The van der Waals surface area contributed by atoms with Crippen LogP contribution in [0.25, 0.3) is 0 Å². The second-order valence-corrected chi connectivity index (χ2v) is 5.06. The predicted octanol–water partition coefficient (Wildman–Crippen LogP) is 4.22. The van der Waals surface area contributed by atoms with Crippen LogP contribution in [0.5, 0.6) is 0 Å². The zero-order valence-electron chi connectivity index (χ0n) is 9.98. The summed E-state index contributed by atoms with van der Waals surface area (Å²) in [6.07, 6.45) is 2.14. The van der Waals surface area contributed by atoms with E-state index in [0.29, 0.717) is 28.9 Å². The third-order valence-electron chi connectivity index (χ3n) is 2.64. The molecule has 1 nitrogen and oxygen atoms in total. The maximum absolute atomic E-state index is 13.3. The lowest BCUT2D eigenvalue weighted by Crippen LogP contribution is -2.16. The monoisotopic (exact) mass is 277 g/mol.